The second-order valence-corrected chi connectivity index (χ2v) is 5.02. The minimum absolute atomic E-state index is 0.373. The predicted molar refractivity (Wildman–Crippen MR) is 72.6 cm³/mol. The molecule has 0 bridgehead atoms. The lowest BCUT2D eigenvalue weighted by Crippen LogP contribution is -2.21. The number of hydrogen-bond donors (Lipinski definition) is 0. The molecule has 0 spiro atoms. The van der Waals surface area contributed by atoms with Crippen LogP contribution in [0.5, 0.6) is 0 Å². The van der Waals surface area contributed by atoms with Gasteiger partial charge in [-0.1, -0.05) is 12.1 Å². The molecule has 0 aliphatic carbocycles. The summed E-state index contributed by atoms with van der Waals surface area (Å²) in [7, 11) is 0. The molecule has 1 fully saturated rings. The first-order valence-electron chi connectivity index (χ1n) is 6.77. The summed E-state index contributed by atoms with van der Waals surface area (Å²) < 4.78 is 7.62. The Morgan fingerprint density at radius 2 is 2.11 bits per heavy atom. The van der Waals surface area contributed by atoms with E-state index >= 15 is 0 Å². The number of aromatic nitrogens is 2. The van der Waals surface area contributed by atoms with E-state index in [-0.39, 0.29) is 0 Å². The number of nitrogens with zero attached hydrogens (tertiary/aromatic N) is 3. The number of rotatable bonds is 3. The molecule has 1 aromatic heterocycles. The first kappa shape index (κ1) is 12.2. The SMILES string of the molecule is N#CCc1nc2ccccc2n1CC1CCOCC1. The number of ether oxygens (including phenoxy) is 1. The molecule has 0 unspecified atom stereocenters. The zero-order chi connectivity index (χ0) is 13.1. The Bertz CT molecular complexity index is 605. The maximum atomic E-state index is 8.95. The Kier molecular flexibility index (Phi) is 3.47. The van der Waals surface area contributed by atoms with Crippen molar-refractivity contribution in [1.82, 2.24) is 9.55 Å². The lowest BCUT2D eigenvalue weighted by molar-refractivity contribution is 0.0614. The average Bonchev–Trinajstić information content (AvgIpc) is 2.79. The van der Waals surface area contributed by atoms with E-state index in [1.807, 2.05) is 18.2 Å². The second kappa shape index (κ2) is 5.41. The van der Waals surface area contributed by atoms with Gasteiger partial charge in [0.05, 0.1) is 23.5 Å². The largest absolute Gasteiger partial charge is 0.381 e. The number of hydrogen-bond acceptors (Lipinski definition) is 3. The van der Waals surface area contributed by atoms with Crippen molar-refractivity contribution in [3.8, 4) is 6.07 Å². The zero-order valence-electron chi connectivity index (χ0n) is 10.9. The Hall–Kier alpha value is -1.86. The van der Waals surface area contributed by atoms with Gasteiger partial charge in [-0.3, -0.25) is 0 Å². The molecule has 19 heavy (non-hydrogen) atoms. The number of fused-ring (bicyclic) bond motifs is 1. The van der Waals surface area contributed by atoms with Crippen LogP contribution in [0.1, 0.15) is 18.7 Å². The molecule has 4 nitrogen and oxygen atoms in total. The quantitative estimate of drug-likeness (QED) is 0.846. The van der Waals surface area contributed by atoms with Crippen molar-refractivity contribution in [2.75, 3.05) is 13.2 Å². The van der Waals surface area contributed by atoms with Crippen LogP contribution in [0, 0.1) is 17.2 Å². The molecule has 1 aliphatic rings. The van der Waals surface area contributed by atoms with Crippen molar-refractivity contribution < 1.29 is 4.74 Å². The maximum Gasteiger partial charge on any atom is 0.124 e. The summed E-state index contributed by atoms with van der Waals surface area (Å²) in [6.45, 7) is 2.65. The van der Waals surface area contributed by atoms with Gasteiger partial charge in [-0.2, -0.15) is 5.26 Å². The van der Waals surface area contributed by atoms with Crippen molar-refractivity contribution >= 4 is 11.0 Å². The maximum absolute atomic E-state index is 8.95. The first-order chi connectivity index (χ1) is 9.38. The van der Waals surface area contributed by atoms with Crippen LogP contribution in [0.2, 0.25) is 0 Å². The number of imidazole rings is 1. The number of nitriles is 1. The van der Waals surface area contributed by atoms with Crippen molar-refractivity contribution in [3.63, 3.8) is 0 Å². The molecule has 0 N–H and O–H groups in total. The third-order valence-corrected chi connectivity index (χ3v) is 3.75. The minimum atomic E-state index is 0.373. The Morgan fingerprint density at radius 3 is 2.89 bits per heavy atom. The summed E-state index contributed by atoms with van der Waals surface area (Å²) in [5.41, 5.74) is 2.12. The van der Waals surface area contributed by atoms with Crippen molar-refractivity contribution in [2.45, 2.75) is 25.8 Å². The summed E-state index contributed by atoms with van der Waals surface area (Å²) >= 11 is 0. The van der Waals surface area contributed by atoms with E-state index in [0.717, 1.165) is 49.5 Å². The van der Waals surface area contributed by atoms with Gasteiger partial charge in [-0.05, 0) is 30.9 Å². The van der Waals surface area contributed by atoms with Crippen LogP contribution >= 0.6 is 0 Å². The Balaban J connectivity index is 1.95. The predicted octanol–water partition coefficient (Wildman–Crippen LogP) is 2.53. The lowest BCUT2D eigenvalue weighted by Gasteiger charge is -2.23. The van der Waals surface area contributed by atoms with Gasteiger partial charge in [-0.15, -0.1) is 0 Å². The molecule has 0 saturated carbocycles. The van der Waals surface area contributed by atoms with E-state index in [2.05, 4.69) is 21.7 Å². The molecule has 0 atom stereocenters. The lowest BCUT2D eigenvalue weighted by atomic mass is 10.0. The first-order valence-corrected chi connectivity index (χ1v) is 6.77. The van der Waals surface area contributed by atoms with Crippen molar-refractivity contribution in [3.05, 3.63) is 30.1 Å². The Morgan fingerprint density at radius 1 is 1.32 bits per heavy atom. The van der Waals surface area contributed by atoms with Gasteiger partial charge < -0.3 is 9.30 Å². The molecule has 1 aliphatic heterocycles. The fraction of sp³-hybridized carbons (Fsp3) is 0.467. The zero-order valence-corrected chi connectivity index (χ0v) is 10.9. The fourth-order valence-corrected chi connectivity index (χ4v) is 2.72. The molecule has 4 heteroatoms. The molecule has 2 aromatic rings. The molecule has 0 radical (unpaired) electrons. The van der Waals surface area contributed by atoms with E-state index in [0.29, 0.717) is 12.3 Å². The number of para-hydroxylation sites is 2. The van der Waals surface area contributed by atoms with E-state index in [1.54, 1.807) is 0 Å². The van der Waals surface area contributed by atoms with Gasteiger partial charge in [0.1, 0.15) is 5.82 Å². The van der Waals surface area contributed by atoms with Gasteiger partial charge in [0.25, 0.3) is 0 Å². The number of benzene rings is 1. The smallest absolute Gasteiger partial charge is 0.124 e. The van der Waals surface area contributed by atoms with Crippen LogP contribution in [0.3, 0.4) is 0 Å². The van der Waals surface area contributed by atoms with E-state index in [4.69, 9.17) is 10.00 Å². The molecule has 2 heterocycles. The van der Waals surface area contributed by atoms with Crippen molar-refractivity contribution in [1.29, 1.82) is 5.26 Å². The summed E-state index contributed by atoms with van der Waals surface area (Å²) in [5, 5.41) is 8.95. The molecule has 98 valence electrons. The highest BCUT2D eigenvalue weighted by Crippen LogP contribution is 2.22. The van der Waals surface area contributed by atoms with Crippen LogP contribution in [0.15, 0.2) is 24.3 Å². The van der Waals surface area contributed by atoms with Crippen LogP contribution in [0.4, 0.5) is 0 Å². The molecule has 1 aromatic carbocycles. The second-order valence-electron chi connectivity index (χ2n) is 5.02. The highest BCUT2D eigenvalue weighted by molar-refractivity contribution is 5.75. The van der Waals surface area contributed by atoms with Gasteiger partial charge in [0, 0.05) is 19.8 Å². The highest BCUT2D eigenvalue weighted by atomic mass is 16.5. The van der Waals surface area contributed by atoms with Crippen LogP contribution < -0.4 is 0 Å². The van der Waals surface area contributed by atoms with Crippen LogP contribution in [-0.2, 0) is 17.7 Å². The van der Waals surface area contributed by atoms with E-state index in [1.165, 1.54) is 0 Å². The summed E-state index contributed by atoms with van der Waals surface area (Å²) in [5.74, 6) is 1.51. The normalized spacial score (nSPS) is 16.6. The summed E-state index contributed by atoms with van der Waals surface area (Å²) in [6, 6.07) is 10.3. The monoisotopic (exact) mass is 255 g/mol. The third kappa shape index (κ3) is 2.47. The minimum Gasteiger partial charge on any atom is -0.381 e. The molecular formula is C15H17N3O. The molecule has 0 amide bonds. The summed E-state index contributed by atoms with van der Waals surface area (Å²) in [4.78, 5) is 4.58. The van der Waals surface area contributed by atoms with Gasteiger partial charge in [0.15, 0.2) is 0 Å². The standard InChI is InChI=1S/C15H17N3O/c16-8-5-15-17-13-3-1-2-4-14(13)18(15)11-12-6-9-19-10-7-12/h1-4,12H,5-7,9-11H2. The average molecular weight is 255 g/mol. The highest BCUT2D eigenvalue weighted by Gasteiger charge is 2.18. The van der Waals surface area contributed by atoms with Crippen molar-refractivity contribution in [2.24, 2.45) is 5.92 Å². The fourth-order valence-electron chi connectivity index (χ4n) is 2.72. The summed E-state index contributed by atoms with van der Waals surface area (Å²) in [6.07, 6.45) is 2.56. The van der Waals surface area contributed by atoms with E-state index < -0.39 is 0 Å². The van der Waals surface area contributed by atoms with Crippen LogP contribution in [0.25, 0.3) is 11.0 Å². The topological polar surface area (TPSA) is 50.8 Å². The Labute approximate surface area is 112 Å². The van der Waals surface area contributed by atoms with Gasteiger partial charge in [-0.25, -0.2) is 4.98 Å². The molecule has 1 saturated heterocycles. The van der Waals surface area contributed by atoms with Crippen LogP contribution in [-0.4, -0.2) is 22.8 Å². The molecular weight excluding hydrogens is 238 g/mol. The third-order valence-electron chi connectivity index (χ3n) is 3.75. The van der Waals surface area contributed by atoms with E-state index in [9.17, 15) is 0 Å². The molecule has 3 rings (SSSR count). The van der Waals surface area contributed by atoms with Gasteiger partial charge >= 0.3 is 0 Å². The van der Waals surface area contributed by atoms with Gasteiger partial charge in [0.2, 0.25) is 0 Å².